The molecular formula is C22H19ClN2O3. The number of amides is 2. The molecule has 1 unspecified atom stereocenters. The fourth-order valence-corrected chi connectivity index (χ4v) is 3.73. The SMILES string of the molecule is CC(=O)NC1C(=O)N(CCOc2cccc3ccccc23)c2ccc(Cl)cc21. The van der Waals surface area contributed by atoms with Gasteiger partial charge in [0, 0.05) is 28.6 Å². The van der Waals surface area contributed by atoms with E-state index in [1.807, 2.05) is 42.5 Å². The van der Waals surface area contributed by atoms with Crippen molar-refractivity contribution in [3.63, 3.8) is 0 Å². The third kappa shape index (κ3) is 3.41. The van der Waals surface area contributed by atoms with Gasteiger partial charge in [-0.1, -0.05) is 48.0 Å². The molecule has 0 spiro atoms. The van der Waals surface area contributed by atoms with Gasteiger partial charge in [0.2, 0.25) is 5.91 Å². The minimum Gasteiger partial charge on any atom is -0.491 e. The summed E-state index contributed by atoms with van der Waals surface area (Å²) in [5.74, 6) is 0.326. The number of nitrogens with zero attached hydrogens (tertiary/aromatic N) is 1. The number of carbonyl (C=O) groups excluding carboxylic acids is 2. The van der Waals surface area contributed by atoms with E-state index < -0.39 is 6.04 Å². The first kappa shape index (κ1) is 18.3. The second-order valence-corrected chi connectivity index (χ2v) is 7.09. The highest BCUT2D eigenvalue weighted by Crippen LogP contribution is 2.37. The number of hydrogen-bond acceptors (Lipinski definition) is 3. The van der Waals surface area contributed by atoms with Crippen molar-refractivity contribution in [1.29, 1.82) is 0 Å². The highest BCUT2D eigenvalue weighted by molar-refractivity contribution is 6.31. The quantitative estimate of drug-likeness (QED) is 0.708. The van der Waals surface area contributed by atoms with Crippen molar-refractivity contribution in [1.82, 2.24) is 5.32 Å². The van der Waals surface area contributed by atoms with Gasteiger partial charge in [0.1, 0.15) is 18.4 Å². The highest BCUT2D eigenvalue weighted by atomic mass is 35.5. The zero-order chi connectivity index (χ0) is 19.7. The number of hydrogen-bond donors (Lipinski definition) is 1. The van der Waals surface area contributed by atoms with Crippen LogP contribution in [0.25, 0.3) is 10.8 Å². The number of benzene rings is 3. The summed E-state index contributed by atoms with van der Waals surface area (Å²) in [7, 11) is 0. The summed E-state index contributed by atoms with van der Waals surface area (Å²) in [5.41, 5.74) is 1.45. The van der Waals surface area contributed by atoms with E-state index in [-0.39, 0.29) is 11.8 Å². The van der Waals surface area contributed by atoms with Crippen LogP contribution in [-0.2, 0) is 9.59 Å². The van der Waals surface area contributed by atoms with E-state index in [0.29, 0.717) is 23.7 Å². The lowest BCUT2D eigenvalue weighted by Gasteiger charge is -2.19. The van der Waals surface area contributed by atoms with Crippen molar-refractivity contribution >= 4 is 39.9 Å². The average molecular weight is 395 g/mol. The number of halogens is 1. The summed E-state index contributed by atoms with van der Waals surface area (Å²) in [6.45, 7) is 2.09. The number of anilines is 1. The maximum atomic E-state index is 12.9. The van der Waals surface area contributed by atoms with Crippen LogP contribution in [0.5, 0.6) is 5.75 Å². The summed E-state index contributed by atoms with van der Waals surface area (Å²) in [6.07, 6.45) is 0. The lowest BCUT2D eigenvalue weighted by molar-refractivity contribution is -0.126. The molecule has 0 saturated carbocycles. The van der Waals surface area contributed by atoms with Crippen LogP contribution in [-0.4, -0.2) is 25.0 Å². The molecule has 0 fully saturated rings. The predicted octanol–water partition coefficient (Wildman–Crippen LogP) is 4.10. The molecule has 4 rings (SSSR count). The molecule has 0 bridgehead atoms. The zero-order valence-corrected chi connectivity index (χ0v) is 16.1. The van der Waals surface area contributed by atoms with E-state index in [0.717, 1.165) is 22.2 Å². The lowest BCUT2D eigenvalue weighted by atomic mass is 10.1. The van der Waals surface area contributed by atoms with E-state index in [4.69, 9.17) is 16.3 Å². The minimum atomic E-state index is -0.719. The van der Waals surface area contributed by atoms with Crippen LogP contribution < -0.4 is 15.0 Å². The molecule has 3 aromatic carbocycles. The van der Waals surface area contributed by atoms with Crippen molar-refractivity contribution in [3.8, 4) is 5.75 Å². The Balaban J connectivity index is 1.53. The van der Waals surface area contributed by atoms with Gasteiger partial charge in [-0.3, -0.25) is 9.59 Å². The van der Waals surface area contributed by atoms with Crippen molar-refractivity contribution in [2.24, 2.45) is 0 Å². The van der Waals surface area contributed by atoms with Crippen LogP contribution in [0.15, 0.2) is 60.7 Å². The second kappa shape index (κ2) is 7.52. The predicted molar refractivity (Wildman–Crippen MR) is 110 cm³/mol. The Hall–Kier alpha value is -3.05. The molecule has 0 radical (unpaired) electrons. The summed E-state index contributed by atoms with van der Waals surface area (Å²) in [6, 6.07) is 18.4. The number of nitrogens with one attached hydrogen (secondary N) is 1. The van der Waals surface area contributed by atoms with Crippen molar-refractivity contribution in [3.05, 3.63) is 71.2 Å². The minimum absolute atomic E-state index is 0.186. The Morgan fingerprint density at radius 2 is 1.93 bits per heavy atom. The first-order chi connectivity index (χ1) is 13.5. The summed E-state index contributed by atoms with van der Waals surface area (Å²) < 4.78 is 5.98. The topological polar surface area (TPSA) is 58.6 Å². The Labute approximate surface area is 167 Å². The van der Waals surface area contributed by atoms with Crippen LogP contribution in [0.4, 0.5) is 5.69 Å². The van der Waals surface area contributed by atoms with Gasteiger partial charge in [-0.2, -0.15) is 0 Å². The van der Waals surface area contributed by atoms with Gasteiger partial charge in [0.05, 0.1) is 6.54 Å². The van der Waals surface area contributed by atoms with Gasteiger partial charge < -0.3 is 15.0 Å². The molecule has 3 aromatic rings. The van der Waals surface area contributed by atoms with Gasteiger partial charge in [-0.15, -0.1) is 0 Å². The molecule has 1 heterocycles. The highest BCUT2D eigenvalue weighted by Gasteiger charge is 2.37. The summed E-state index contributed by atoms with van der Waals surface area (Å²) >= 11 is 6.09. The molecule has 1 aliphatic heterocycles. The molecule has 6 heteroatoms. The molecule has 0 saturated heterocycles. The Morgan fingerprint density at radius 1 is 1.14 bits per heavy atom. The first-order valence-electron chi connectivity index (χ1n) is 9.03. The molecule has 0 aromatic heterocycles. The molecule has 142 valence electrons. The molecule has 0 aliphatic carbocycles. The third-order valence-corrected chi connectivity index (χ3v) is 5.01. The Morgan fingerprint density at radius 3 is 2.75 bits per heavy atom. The standard InChI is InChI=1S/C22H19ClN2O3/c1-14(26)24-21-18-13-16(23)9-10-19(18)25(22(21)27)11-12-28-20-8-4-6-15-5-2-3-7-17(15)20/h2-10,13,21H,11-12H2,1H3,(H,24,26). The first-order valence-corrected chi connectivity index (χ1v) is 9.41. The Bertz CT molecular complexity index is 1060. The largest absolute Gasteiger partial charge is 0.491 e. The Kier molecular flexibility index (Phi) is 4.92. The van der Waals surface area contributed by atoms with Gasteiger partial charge in [0.25, 0.3) is 5.91 Å². The van der Waals surface area contributed by atoms with Crippen molar-refractivity contribution < 1.29 is 14.3 Å². The molecular weight excluding hydrogens is 376 g/mol. The van der Waals surface area contributed by atoms with E-state index in [9.17, 15) is 9.59 Å². The van der Waals surface area contributed by atoms with E-state index in [2.05, 4.69) is 5.32 Å². The van der Waals surface area contributed by atoms with E-state index in [1.165, 1.54) is 6.92 Å². The molecule has 5 nitrogen and oxygen atoms in total. The molecule has 2 amide bonds. The summed E-state index contributed by atoms with van der Waals surface area (Å²) in [4.78, 5) is 26.0. The number of ether oxygens (including phenoxy) is 1. The van der Waals surface area contributed by atoms with Gasteiger partial charge in [-0.25, -0.2) is 0 Å². The van der Waals surface area contributed by atoms with Crippen molar-refractivity contribution in [2.45, 2.75) is 13.0 Å². The molecule has 1 N–H and O–H groups in total. The van der Waals surface area contributed by atoms with Crippen molar-refractivity contribution in [2.75, 3.05) is 18.1 Å². The molecule has 28 heavy (non-hydrogen) atoms. The summed E-state index contributed by atoms with van der Waals surface area (Å²) in [5, 5.41) is 5.36. The van der Waals surface area contributed by atoms with Gasteiger partial charge in [0.15, 0.2) is 0 Å². The monoisotopic (exact) mass is 394 g/mol. The van der Waals surface area contributed by atoms with Crippen LogP contribution in [0.1, 0.15) is 18.5 Å². The normalized spacial score (nSPS) is 15.6. The lowest BCUT2D eigenvalue weighted by Crippen LogP contribution is -2.38. The maximum absolute atomic E-state index is 12.9. The average Bonchev–Trinajstić information content (AvgIpc) is 2.93. The van der Waals surface area contributed by atoms with Gasteiger partial charge >= 0.3 is 0 Å². The smallest absolute Gasteiger partial charge is 0.254 e. The second-order valence-electron chi connectivity index (χ2n) is 6.65. The number of fused-ring (bicyclic) bond motifs is 2. The van der Waals surface area contributed by atoms with E-state index in [1.54, 1.807) is 23.1 Å². The fraction of sp³-hybridized carbons (Fsp3) is 0.182. The third-order valence-electron chi connectivity index (χ3n) is 4.77. The maximum Gasteiger partial charge on any atom is 0.254 e. The number of carbonyl (C=O) groups is 2. The molecule has 1 aliphatic rings. The van der Waals surface area contributed by atoms with Crippen LogP contribution in [0.2, 0.25) is 5.02 Å². The van der Waals surface area contributed by atoms with Crippen LogP contribution in [0, 0.1) is 0 Å². The number of rotatable bonds is 5. The molecule has 1 atom stereocenters. The van der Waals surface area contributed by atoms with Crippen LogP contribution >= 0.6 is 11.6 Å². The zero-order valence-electron chi connectivity index (χ0n) is 15.3. The van der Waals surface area contributed by atoms with E-state index >= 15 is 0 Å². The fourth-order valence-electron chi connectivity index (χ4n) is 3.55. The van der Waals surface area contributed by atoms with Crippen LogP contribution in [0.3, 0.4) is 0 Å². The van der Waals surface area contributed by atoms with Gasteiger partial charge in [-0.05, 0) is 29.7 Å².